The molecule has 2 aliphatic carbocycles. The highest BCUT2D eigenvalue weighted by Gasteiger charge is 2.30. The highest BCUT2D eigenvalue weighted by atomic mass is 32.1. The van der Waals surface area contributed by atoms with Crippen LogP contribution in [0.5, 0.6) is 0 Å². The average Bonchev–Trinajstić information content (AvgIpc) is 3.94. The van der Waals surface area contributed by atoms with Crippen molar-refractivity contribution >= 4 is 79.2 Å². The number of para-hydroxylation sites is 1. The first-order chi connectivity index (χ1) is 24.1. The second-order valence-electron chi connectivity index (χ2n) is 12.5. The number of benzene rings is 3. The minimum Gasteiger partial charge on any atom is -0.461 e. The standard InChI is InChI=1S/C37H20F2N4O2S4/c38-22-14-20(32-34(42-48-40-32)30(22)26-10-16-5-1-3-7-24(16)44-26)28-12-18-9-19-13-29(47-37(19)36(18)46-28)21-15-23(39)31(35-33(21)41-49-43-35)27-11-17-6-2-4-8-25(17)45-27/h1,3,5,7,10-15H,2,4,6,8-9H2. The molecule has 238 valence electrons. The Morgan fingerprint density at radius 3 is 1.82 bits per heavy atom. The third kappa shape index (κ3) is 4.18. The van der Waals surface area contributed by atoms with Gasteiger partial charge in [-0.15, -0.1) is 22.7 Å². The molecule has 0 atom stereocenters. The van der Waals surface area contributed by atoms with Crippen LogP contribution in [0.1, 0.15) is 35.3 Å². The summed E-state index contributed by atoms with van der Waals surface area (Å²) in [4.78, 5) is 4.17. The highest BCUT2D eigenvalue weighted by molar-refractivity contribution is 7.25. The van der Waals surface area contributed by atoms with Crippen molar-refractivity contribution in [1.82, 2.24) is 17.5 Å². The van der Waals surface area contributed by atoms with Crippen LogP contribution in [-0.4, -0.2) is 17.5 Å². The van der Waals surface area contributed by atoms with E-state index in [2.05, 4.69) is 29.6 Å². The summed E-state index contributed by atoms with van der Waals surface area (Å²) in [5.41, 5.74) is 8.76. The zero-order valence-corrected chi connectivity index (χ0v) is 28.6. The van der Waals surface area contributed by atoms with E-state index in [0.29, 0.717) is 55.9 Å². The molecular weight excluding hydrogens is 699 g/mol. The molecule has 12 heteroatoms. The van der Waals surface area contributed by atoms with Gasteiger partial charge >= 0.3 is 0 Å². The Morgan fingerprint density at radius 1 is 0.592 bits per heavy atom. The molecule has 0 bridgehead atoms. The summed E-state index contributed by atoms with van der Waals surface area (Å²) >= 11 is 5.41. The summed E-state index contributed by atoms with van der Waals surface area (Å²) in [6.45, 7) is 0. The Morgan fingerprint density at radius 2 is 1.18 bits per heavy atom. The lowest BCUT2D eigenvalue weighted by molar-refractivity contribution is 0.485. The van der Waals surface area contributed by atoms with Gasteiger partial charge in [0.1, 0.15) is 56.6 Å². The van der Waals surface area contributed by atoms with Gasteiger partial charge < -0.3 is 8.83 Å². The fraction of sp³-hybridized carbons (Fsp3) is 0.135. The lowest BCUT2D eigenvalue weighted by atomic mass is 9.98. The van der Waals surface area contributed by atoms with Crippen molar-refractivity contribution < 1.29 is 17.6 Å². The minimum absolute atomic E-state index is 0.325. The molecular formula is C37H20F2N4O2S4. The van der Waals surface area contributed by atoms with Gasteiger partial charge in [-0.05, 0) is 78.4 Å². The summed E-state index contributed by atoms with van der Waals surface area (Å²) in [5.74, 6) is 1.17. The van der Waals surface area contributed by atoms with E-state index in [1.165, 1.54) is 16.7 Å². The molecule has 0 radical (unpaired) electrons. The zero-order valence-electron chi connectivity index (χ0n) is 25.3. The summed E-state index contributed by atoms with van der Waals surface area (Å²) in [7, 11) is 0. The number of fused-ring (bicyclic) bond motifs is 7. The summed E-state index contributed by atoms with van der Waals surface area (Å²) in [6, 6.07) is 18.9. The van der Waals surface area contributed by atoms with Crippen LogP contribution in [0.25, 0.3) is 86.3 Å². The minimum atomic E-state index is -0.400. The number of aryl methyl sites for hydroxylation is 2. The third-order valence-electron chi connectivity index (χ3n) is 9.63. The molecule has 0 spiro atoms. The van der Waals surface area contributed by atoms with E-state index in [0.717, 1.165) is 91.8 Å². The van der Waals surface area contributed by atoms with Gasteiger partial charge in [-0.1, -0.05) is 18.2 Å². The van der Waals surface area contributed by atoms with E-state index in [1.54, 1.807) is 34.8 Å². The van der Waals surface area contributed by atoms with Crippen molar-refractivity contribution in [3.8, 4) is 53.3 Å². The number of aromatic nitrogens is 4. The van der Waals surface area contributed by atoms with Gasteiger partial charge in [-0.2, -0.15) is 17.5 Å². The summed E-state index contributed by atoms with van der Waals surface area (Å²) in [5, 5.41) is 0.902. The van der Waals surface area contributed by atoms with Crippen molar-refractivity contribution in [2.24, 2.45) is 0 Å². The number of hydrogen-bond acceptors (Lipinski definition) is 10. The van der Waals surface area contributed by atoms with Crippen molar-refractivity contribution in [3.05, 3.63) is 94.7 Å². The quantitative estimate of drug-likeness (QED) is 0.180. The van der Waals surface area contributed by atoms with Gasteiger partial charge in [0.2, 0.25) is 0 Å². The number of hydrogen-bond donors (Lipinski definition) is 0. The van der Waals surface area contributed by atoms with Crippen molar-refractivity contribution in [2.45, 2.75) is 32.1 Å². The van der Waals surface area contributed by atoms with Gasteiger partial charge in [0.05, 0.1) is 34.6 Å². The molecule has 0 saturated carbocycles. The van der Waals surface area contributed by atoms with E-state index in [4.69, 9.17) is 8.83 Å². The van der Waals surface area contributed by atoms with E-state index < -0.39 is 5.82 Å². The van der Waals surface area contributed by atoms with Crippen molar-refractivity contribution in [2.75, 3.05) is 0 Å². The third-order valence-corrected chi connectivity index (χ3v) is 13.3. The molecule has 3 aromatic carbocycles. The monoisotopic (exact) mass is 718 g/mol. The van der Waals surface area contributed by atoms with E-state index in [9.17, 15) is 0 Å². The van der Waals surface area contributed by atoms with Crippen LogP contribution < -0.4 is 0 Å². The molecule has 2 aliphatic rings. The Kier molecular flexibility index (Phi) is 6.02. The largest absolute Gasteiger partial charge is 0.461 e. The Hall–Kier alpha value is -4.62. The number of halogens is 2. The fourth-order valence-electron chi connectivity index (χ4n) is 7.36. The second-order valence-corrected chi connectivity index (χ2v) is 15.7. The number of rotatable bonds is 4. The smallest absolute Gasteiger partial charge is 0.140 e. The molecule has 49 heavy (non-hydrogen) atoms. The van der Waals surface area contributed by atoms with E-state index in [1.807, 2.05) is 36.4 Å². The normalized spacial score (nSPS) is 13.9. The fourth-order valence-corrected chi connectivity index (χ4v) is 11.1. The molecule has 11 rings (SSSR count). The molecule has 0 N–H and O–H groups in total. The molecule has 0 unspecified atom stereocenters. The highest BCUT2D eigenvalue weighted by Crippen LogP contribution is 2.53. The van der Waals surface area contributed by atoms with Crippen LogP contribution >= 0.6 is 46.1 Å². The second kappa shape index (κ2) is 10.4. The first-order valence-corrected chi connectivity index (χ1v) is 18.9. The van der Waals surface area contributed by atoms with Gasteiger partial charge in [0.15, 0.2) is 0 Å². The van der Waals surface area contributed by atoms with Crippen molar-refractivity contribution in [3.63, 3.8) is 0 Å². The van der Waals surface area contributed by atoms with E-state index in [-0.39, 0.29) is 5.82 Å². The van der Waals surface area contributed by atoms with Crippen LogP contribution in [0.2, 0.25) is 0 Å². The van der Waals surface area contributed by atoms with Crippen LogP contribution in [0.15, 0.2) is 69.5 Å². The number of nitrogens with zero attached hydrogens (tertiary/aromatic N) is 4. The Bertz CT molecular complexity index is 2760. The molecule has 6 heterocycles. The number of furan rings is 2. The first kappa shape index (κ1) is 28.2. The lowest BCUT2D eigenvalue weighted by Gasteiger charge is -2.07. The zero-order chi connectivity index (χ0) is 32.4. The summed E-state index contributed by atoms with van der Waals surface area (Å²) < 4.78 is 62.4. The molecule has 0 saturated heterocycles. The molecule has 0 aliphatic heterocycles. The molecule has 0 amide bonds. The predicted octanol–water partition coefficient (Wildman–Crippen LogP) is 11.6. The summed E-state index contributed by atoms with van der Waals surface area (Å²) in [6.07, 6.45) is 4.79. The van der Waals surface area contributed by atoms with Crippen LogP contribution in [0, 0.1) is 11.6 Å². The Labute approximate surface area is 292 Å². The molecule has 9 aromatic rings. The van der Waals surface area contributed by atoms with Gasteiger partial charge in [0, 0.05) is 48.9 Å². The molecule has 0 fully saturated rings. The van der Waals surface area contributed by atoms with Gasteiger partial charge in [-0.25, -0.2) is 8.78 Å². The van der Waals surface area contributed by atoms with Gasteiger partial charge in [0.25, 0.3) is 0 Å². The van der Waals surface area contributed by atoms with Crippen LogP contribution in [0.3, 0.4) is 0 Å². The lowest BCUT2D eigenvalue weighted by Crippen LogP contribution is -1.97. The SMILES string of the molecule is Fc1cc(-c2cc3c(s2)-c2sc(-c4cc(F)c(-c5cc6ccccc6o5)c5nsnc45)cc2C3)c2nsnc2c1-c1cc2c(o1)CCCC2. The first-order valence-electron chi connectivity index (χ1n) is 15.8. The maximum absolute atomic E-state index is 16.0. The van der Waals surface area contributed by atoms with Crippen molar-refractivity contribution in [1.29, 1.82) is 0 Å². The van der Waals surface area contributed by atoms with Crippen LogP contribution in [0.4, 0.5) is 8.78 Å². The number of thiophene rings is 2. The maximum atomic E-state index is 16.0. The molecule has 6 nitrogen and oxygen atoms in total. The van der Waals surface area contributed by atoms with Gasteiger partial charge in [-0.3, -0.25) is 0 Å². The maximum Gasteiger partial charge on any atom is 0.140 e. The average molecular weight is 719 g/mol. The molecule has 6 aromatic heterocycles. The topological polar surface area (TPSA) is 77.8 Å². The predicted molar refractivity (Wildman–Crippen MR) is 193 cm³/mol. The Balaban J connectivity index is 0.979. The van der Waals surface area contributed by atoms with E-state index >= 15 is 8.78 Å². The van der Waals surface area contributed by atoms with Crippen LogP contribution in [-0.2, 0) is 19.3 Å².